The van der Waals surface area contributed by atoms with Gasteiger partial charge in [0, 0.05) is 5.92 Å². The molecular weight excluding hydrogens is 332 g/mol. The van der Waals surface area contributed by atoms with Gasteiger partial charge in [0.1, 0.15) is 11.5 Å². The van der Waals surface area contributed by atoms with Crippen molar-refractivity contribution in [3.63, 3.8) is 0 Å². The molecule has 0 aromatic heterocycles. The minimum absolute atomic E-state index is 0.0241. The van der Waals surface area contributed by atoms with E-state index in [9.17, 15) is 10.2 Å². The van der Waals surface area contributed by atoms with Crippen molar-refractivity contribution < 1.29 is 10.2 Å². The van der Waals surface area contributed by atoms with Gasteiger partial charge in [0.15, 0.2) is 0 Å². The molecule has 0 fully saturated rings. The number of hydrogen-bond acceptors (Lipinski definition) is 2. The maximum atomic E-state index is 9.65. The third kappa shape index (κ3) is 3.70. The van der Waals surface area contributed by atoms with Gasteiger partial charge in [-0.15, -0.1) is 0 Å². The van der Waals surface area contributed by atoms with Crippen LogP contribution >= 0.6 is 0 Å². The van der Waals surface area contributed by atoms with Crippen molar-refractivity contribution in [3.05, 3.63) is 120 Å². The maximum Gasteiger partial charge on any atom is 0.115 e. The van der Waals surface area contributed by atoms with Gasteiger partial charge < -0.3 is 10.2 Å². The highest BCUT2D eigenvalue weighted by atomic mass is 16.3. The summed E-state index contributed by atoms with van der Waals surface area (Å²) < 4.78 is 0. The lowest BCUT2D eigenvalue weighted by Crippen LogP contribution is -2.03. The summed E-state index contributed by atoms with van der Waals surface area (Å²) in [4.78, 5) is 0. The van der Waals surface area contributed by atoms with Gasteiger partial charge in [-0.05, 0) is 52.1 Å². The van der Waals surface area contributed by atoms with Crippen LogP contribution in [0.5, 0.6) is 11.5 Å². The Hall–Kier alpha value is -3.52. The van der Waals surface area contributed by atoms with Gasteiger partial charge >= 0.3 is 0 Å². The van der Waals surface area contributed by atoms with E-state index in [4.69, 9.17) is 0 Å². The minimum atomic E-state index is 0.0241. The van der Waals surface area contributed by atoms with Crippen LogP contribution in [0.15, 0.2) is 103 Å². The number of benzene rings is 4. The second-order valence-corrected chi connectivity index (χ2v) is 6.60. The van der Waals surface area contributed by atoms with Gasteiger partial charge in [-0.25, -0.2) is 0 Å². The molecule has 0 aliphatic rings. The molecule has 0 saturated carbocycles. The molecule has 0 aliphatic carbocycles. The lowest BCUT2D eigenvalue weighted by atomic mass is 9.84. The van der Waals surface area contributed by atoms with E-state index in [0.717, 1.165) is 16.7 Å². The van der Waals surface area contributed by atoms with E-state index in [-0.39, 0.29) is 17.4 Å². The molecule has 4 rings (SSSR count). The fourth-order valence-electron chi connectivity index (χ4n) is 3.41. The lowest BCUT2D eigenvalue weighted by Gasteiger charge is -2.19. The van der Waals surface area contributed by atoms with E-state index in [2.05, 4.69) is 36.4 Å². The minimum Gasteiger partial charge on any atom is -0.508 e. The molecule has 4 aromatic carbocycles. The van der Waals surface area contributed by atoms with Gasteiger partial charge in [-0.1, -0.05) is 78.9 Å². The summed E-state index contributed by atoms with van der Waals surface area (Å²) >= 11 is 0. The molecule has 0 radical (unpaired) electrons. The van der Waals surface area contributed by atoms with Crippen LogP contribution in [-0.4, -0.2) is 10.2 Å². The van der Waals surface area contributed by atoms with Crippen LogP contribution in [0.2, 0.25) is 0 Å². The van der Waals surface area contributed by atoms with Crippen molar-refractivity contribution in [3.8, 4) is 22.6 Å². The van der Waals surface area contributed by atoms with E-state index in [1.54, 1.807) is 24.3 Å². The molecule has 27 heavy (non-hydrogen) atoms. The quantitative estimate of drug-likeness (QED) is 0.446. The second-order valence-electron chi connectivity index (χ2n) is 6.60. The Kier molecular flexibility index (Phi) is 4.63. The molecule has 0 bridgehead atoms. The Labute approximate surface area is 159 Å². The van der Waals surface area contributed by atoms with E-state index >= 15 is 0 Å². The van der Waals surface area contributed by atoms with Gasteiger partial charge in [-0.3, -0.25) is 0 Å². The number of aromatic hydroxyl groups is 2. The highest BCUT2D eigenvalue weighted by Crippen LogP contribution is 2.34. The SMILES string of the molecule is Oc1ccc(C(c2ccc(O)cc2)c2ccc(-c3ccccc3)cc2)cc1. The summed E-state index contributed by atoms with van der Waals surface area (Å²) in [6.45, 7) is 0. The molecule has 0 heterocycles. The Morgan fingerprint density at radius 1 is 0.407 bits per heavy atom. The summed E-state index contributed by atoms with van der Waals surface area (Å²) in [7, 11) is 0. The summed E-state index contributed by atoms with van der Waals surface area (Å²) in [5, 5.41) is 19.3. The molecule has 0 aliphatic heterocycles. The normalized spacial score (nSPS) is 10.9. The average molecular weight is 352 g/mol. The highest BCUT2D eigenvalue weighted by molar-refractivity contribution is 5.64. The van der Waals surface area contributed by atoms with Gasteiger partial charge in [0.2, 0.25) is 0 Å². The van der Waals surface area contributed by atoms with E-state index in [1.807, 2.05) is 42.5 Å². The van der Waals surface area contributed by atoms with Crippen molar-refractivity contribution in [1.82, 2.24) is 0 Å². The number of rotatable bonds is 4. The van der Waals surface area contributed by atoms with Crippen LogP contribution in [0.4, 0.5) is 0 Å². The monoisotopic (exact) mass is 352 g/mol. The molecule has 0 saturated heterocycles. The Morgan fingerprint density at radius 2 is 0.778 bits per heavy atom. The first kappa shape index (κ1) is 16.9. The Bertz CT molecular complexity index is 957. The van der Waals surface area contributed by atoms with Crippen LogP contribution in [0.3, 0.4) is 0 Å². The first-order chi connectivity index (χ1) is 13.2. The topological polar surface area (TPSA) is 40.5 Å². The molecule has 4 aromatic rings. The highest BCUT2D eigenvalue weighted by Gasteiger charge is 2.17. The van der Waals surface area contributed by atoms with Crippen LogP contribution in [0.25, 0.3) is 11.1 Å². The van der Waals surface area contributed by atoms with Gasteiger partial charge in [0.05, 0.1) is 0 Å². The second kappa shape index (κ2) is 7.38. The number of phenolic OH excluding ortho intramolecular Hbond substituents is 2. The fourth-order valence-corrected chi connectivity index (χ4v) is 3.41. The number of phenols is 2. The van der Waals surface area contributed by atoms with Crippen molar-refractivity contribution in [2.75, 3.05) is 0 Å². The molecule has 2 heteroatoms. The van der Waals surface area contributed by atoms with Crippen LogP contribution in [0.1, 0.15) is 22.6 Å². The molecule has 132 valence electrons. The van der Waals surface area contributed by atoms with Crippen molar-refractivity contribution in [2.45, 2.75) is 5.92 Å². The van der Waals surface area contributed by atoms with E-state index in [0.29, 0.717) is 0 Å². The smallest absolute Gasteiger partial charge is 0.115 e. The van der Waals surface area contributed by atoms with Crippen LogP contribution in [0, 0.1) is 0 Å². The van der Waals surface area contributed by atoms with Crippen molar-refractivity contribution in [2.24, 2.45) is 0 Å². The van der Waals surface area contributed by atoms with Gasteiger partial charge in [-0.2, -0.15) is 0 Å². The first-order valence-corrected chi connectivity index (χ1v) is 8.94. The van der Waals surface area contributed by atoms with Crippen molar-refractivity contribution in [1.29, 1.82) is 0 Å². The summed E-state index contributed by atoms with van der Waals surface area (Å²) in [5.74, 6) is 0.529. The van der Waals surface area contributed by atoms with E-state index < -0.39 is 0 Å². The standard InChI is InChI=1S/C25H20O2/c26-23-14-10-21(11-15-23)25(22-12-16-24(27)17-13-22)20-8-6-19(7-9-20)18-4-2-1-3-5-18/h1-17,25-27H. The molecule has 2 nitrogen and oxygen atoms in total. The Morgan fingerprint density at radius 3 is 1.22 bits per heavy atom. The molecule has 0 atom stereocenters. The third-order valence-electron chi connectivity index (χ3n) is 4.80. The first-order valence-electron chi connectivity index (χ1n) is 8.94. The third-order valence-corrected chi connectivity index (χ3v) is 4.80. The zero-order valence-corrected chi connectivity index (χ0v) is 14.8. The lowest BCUT2D eigenvalue weighted by molar-refractivity contribution is 0.475. The summed E-state index contributed by atoms with van der Waals surface area (Å²) in [5.41, 5.74) is 5.70. The predicted molar refractivity (Wildman–Crippen MR) is 109 cm³/mol. The molecule has 0 unspecified atom stereocenters. The summed E-state index contributed by atoms with van der Waals surface area (Å²) in [6.07, 6.45) is 0. The largest absolute Gasteiger partial charge is 0.508 e. The molecule has 0 amide bonds. The molecule has 2 N–H and O–H groups in total. The van der Waals surface area contributed by atoms with Gasteiger partial charge in [0.25, 0.3) is 0 Å². The zero-order chi connectivity index (χ0) is 18.6. The molecular formula is C25H20O2. The predicted octanol–water partition coefficient (Wildman–Crippen LogP) is 5.95. The van der Waals surface area contributed by atoms with E-state index in [1.165, 1.54) is 11.1 Å². The fraction of sp³-hybridized carbons (Fsp3) is 0.0400. The average Bonchev–Trinajstić information content (AvgIpc) is 2.72. The maximum absolute atomic E-state index is 9.65. The summed E-state index contributed by atoms with van der Waals surface area (Å²) in [6, 6.07) is 33.5. The zero-order valence-electron chi connectivity index (χ0n) is 14.8. The molecule has 0 spiro atoms. The van der Waals surface area contributed by atoms with Crippen LogP contribution < -0.4 is 0 Å². The van der Waals surface area contributed by atoms with Crippen LogP contribution in [-0.2, 0) is 0 Å². The Balaban J connectivity index is 1.76. The van der Waals surface area contributed by atoms with Crippen molar-refractivity contribution >= 4 is 0 Å². The number of hydrogen-bond donors (Lipinski definition) is 2.